The molecule has 2 saturated heterocycles. The zero-order valence-electron chi connectivity index (χ0n) is 14.4. The van der Waals surface area contributed by atoms with Crippen molar-refractivity contribution in [3.63, 3.8) is 0 Å². The number of amides is 2. The molecule has 2 heterocycles. The fourth-order valence-corrected chi connectivity index (χ4v) is 3.87. The Balaban J connectivity index is 1.56. The van der Waals surface area contributed by atoms with Gasteiger partial charge in [0.25, 0.3) is 0 Å². The number of carbonyl (C=O) groups is 1. The number of benzene rings is 1. The molecule has 132 valence electrons. The topological polar surface area (TPSA) is 61.8 Å². The molecule has 2 aliphatic heterocycles. The average Bonchev–Trinajstić information content (AvgIpc) is 2.62. The molecule has 1 aromatic carbocycles. The lowest BCUT2D eigenvalue weighted by Crippen LogP contribution is -2.52. The van der Waals surface area contributed by atoms with E-state index in [-0.39, 0.29) is 30.7 Å². The summed E-state index contributed by atoms with van der Waals surface area (Å²) in [5, 5.41) is 12.6. The number of aliphatic hydroxyl groups is 1. The van der Waals surface area contributed by atoms with Gasteiger partial charge in [-0.25, -0.2) is 4.79 Å². The van der Waals surface area contributed by atoms with Crippen LogP contribution in [0.15, 0.2) is 30.3 Å². The van der Waals surface area contributed by atoms with Gasteiger partial charge < -0.3 is 20.1 Å². The summed E-state index contributed by atoms with van der Waals surface area (Å²) in [4.78, 5) is 14.5. The molecule has 0 spiro atoms. The van der Waals surface area contributed by atoms with E-state index in [0.29, 0.717) is 19.1 Å². The maximum atomic E-state index is 12.6. The van der Waals surface area contributed by atoms with Crippen LogP contribution in [0.25, 0.3) is 0 Å². The van der Waals surface area contributed by atoms with E-state index in [9.17, 15) is 9.90 Å². The van der Waals surface area contributed by atoms with Crippen LogP contribution in [-0.4, -0.2) is 48.4 Å². The van der Waals surface area contributed by atoms with Crippen LogP contribution < -0.4 is 5.32 Å². The predicted molar refractivity (Wildman–Crippen MR) is 92.6 cm³/mol. The third kappa shape index (κ3) is 4.28. The van der Waals surface area contributed by atoms with Gasteiger partial charge in [0.2, 0.25) is 0 Å². The van der Waals surface area contributed by atoms with Crippen molar-refractivity contribution >= 4 is 6.03 Å². The molecule has 2 aliphatic rings. The fourth-order valence-electron chi connectivity index (χ4n) is 3.87. The summed E-state index contributed by atoms with van der Waals surface area (Å²) in [6, 6.07) is 10.3. The number of hydrogen-bond acceptors (Lipinski definition) is 3. The Morgan fingerprint density at radius 2 is 2.08 bits per heavy atom. The van der Waals surface area contributed by atoms with Crippen LogP contribution >= 0.6 is 0 Å². The van der Waals surface area contributed by atoms with E-state index >= 15 is 0 Å². The van der Waals surface area contributed by atoms with Crippen molar-refractivity contribution in [2.75, 3.05) is 26.3 Å². The predicted octanol–water partition coefficient (Wildman–Crippen LogP) is 2.57. The number of aliphatic hydroxyl groups excluding tert-OH is 1. The number of hydrogen-bond donors (Lipinski definition) is 2. The number of urea groups is 1. The second-order valence-electron chi connectivity index (χ2n) is 7.24. The van der Waals surface area contributed by atoms with Crippen molar-refractivity contribution < 1.29 is 14.6 Å². The Morgan fingerprint density at radius 1 is 1.29 bits per heavy atom. The highest BCUT2D eigenvalue weighted by atomic mass is 16.5. The molecular weight excluding hydrogens is 304 g/mol. The molecule has 0 radical (unpaired) electrons. The lowest BCUT2D eigenvalue weighted by Gasteiger charge is -2.37. The van der Waals surface area contributed by atoms with E-state index < -0.39 is 0 Å². The van der Waals surface area contributed by atoms with Gasteiger partial charge in [0.05, 0.1) is 6.10 Å². The first-order valence-corrected chi connectivity index (χ1v) is 8.98. The number of likely N-dealkylation sites (tertiary alicyclic amines) is 1. The Labute approximate surface area is 144 Å². The minimum absolute atomic E-state index is 0.00119. The zero-order chi connectivity index (χ0) is 16.9. The molecule has 4 unspecified atom stereocenters. The van der Waals surface area contributed by atoms with Crippen molar-refractivity contribution in [2.45, 2.75) is 38.3 Å². The quantitative estimate of drug-likeness (QED) is 0.894. The van der Waals surface area contributed by atoms with Gasteiger partial charge in [-0.15, -0.1) is 0 Å². The number of ether oxygens (including phenoxy) is 1. The van der Waals surface area contributed by atoms with Crippen LogP contribution in [0.5, 0.6) is 0 Å². The minimum atomic E-state index is -0.00119. The summed E-state index contributed by atoms with van der Waals surface area (Å²) in [7, 11) is 0. The van der Waals surface area contributed by atoms with Crippen LogP contribution in [0.3, 0.4) is 0 Å². The Kier molecular flexibility index (Phi) is 5.74. The van der Waals surface area contributed by atoms with Crippen LogP contribution in [0.4, 0.5) is 4.79 Å². The smallest absolute Gasteiger partial charge is 0.317 e. The van der Waals surface area contributed by atoms with Crippen LogP contribution in [0, 0.1) is 11.8 Å². The second-order valence-corrected chi connectivity index (χ2v) is 7.24. The fraction of sp³-hybridized carbons (Fsp3) is 0.632. The lowest BCUT2D eigenvalue weighted by molar-refractivity contribution is 0.000805. The first-order chi connectivity index (χ1) is 11.7. The molecule has 2 fully saturated rings. The first kappa shape index (κ1) is 17.2. The molecular formula is C19H28N2O3. The number of nitrogens with zero attached hydrogens (tertiary/aromatic N) is 1. The standard InChI is InChI=1S/C19H28N2O3/c1-14-9-15(13-22)12-21(11-14)19(23)20-17-7-8-24-18(10-17)16-5-3-2-4-6-16/h2-6,14-15,17-18,22H,7-13H2,1H3,(H,20,23). The summed E-state index contributed by atoms with van der Waals surface area (Å²) >= 11 is 0. The Bertz CT molecular complexity index is 537. The average molecular weight is 332 g/mol. The van der Waals surface area contributed by atoms with Crippen LogP contribution in [-0.2, 0) is 4.74 Å². The molecule has 0 aromatic heterocycles. The summed E-state index contributed by atoms with van der Waals surface area (Å²) in [5.74, 6) is 0.639. The number of carbonyl (C=O) groups excluding carboxylic acids is 1. The highest BCUT2D eigenvalue weighted by Gasteiger charge is 2.30. The molecule has 5 heteroatoms. The molecule has 3 rings (SSSR count). The molecule has 0 saturated carbocycles. The number of rotatable bonds is 3. The largest absolute Gasteiger partial charge is 0.396 e. The van der Waals surface area contributed by atoms with Crippen molar-refractivity contribution in [1.82, 2.24) is 10.2 Å². The van der Waals surface area contributed by atoms with E-state index in [0.717, 1.165) is 25.8 Å². The van der Waals surface area contributed by atoms with Gasteiger partial charge in [-0.3, -0.25) is 0 Å². The maximum Gasteiger partial charge on any atom is 0.317 e. The van der Waals surface area contributed by atoms with E-state index in [1.807, 2.05) is 23.1 Å². The van der Waals surface area contributed by atoms with E-state index in [4.69, 9.17) is 4.74 Å². The molecule has 2 N–H and O–H groups in total. The normalized spacial score (nSPS) is 30.8. The third-order valence-corrected chi connectivity index (χ3v) is 5.07. The van der Waals surface area contributed by atoms with Gasteiger partial charge in [0, 0.05) is 32.3 Å². The molecule has 1 aromatic rings. The van der Waals surface area contributed by atoms with Crippen molar-refractivity contribution in [2.24, 2.45) is 11.8 Å². The molecule has 0 aliphatic carbocycles. The Hall–Kier alpha value is -1.59. The lowest BCUT2D eigenvalue weighted by atomic mass is 9.91. The van der Waals surface area contributed by atoms with Gasteiger partial charge in [-0.1, -0.05) is 37.3 Å². The molecule has 5 nitrogen and oxygen atoms in total. The highest BCUT2D eigenvalue weighted by molar-refractivity contribution is 5.74. The summed E-state index contributed by atoms with van der Waals surface area (Å²) in [5.41, 5.74) is 1.17. The van der Waals surface area contributed by atoms with E-state index in [1.165, 1.54) is 5.56 Å². The zero-order valence-corrected chi connectivity index (χ0v) is 14.4. The molecule has 2 amide bonds. The van der Waals surface area contributed by atoms with Gasteiger partial charge >= 0.3 is 6.03 Å². The second kappa shape index (κ2) is 7.99. The van der Waals surface area contributed by atoms with Crippen molar-refractivity contribution in [3.05, 3.63) is 35.9 Å². The van der Waals surface area contributed by atoms with Crippen LogP contribution in [0.1, 0.15) is 37.9 Å². The number of piperidine rings is 1. The number of nitrogens with one attached hydrogen (secondary N) is 1. The minimum Gasteiger partial charge on any atom is -0.396 e. The maximum absolute atomic E-state index is 12.6. The highest BCUT2D eigenvalue weighted by Crippen LogP contribution is 2.28. The summed E-state index contributed by atoms with van der Waals surface area (Å²) in [6.07, 6.45) is 2.70. The summed E-state index contributed by atoms with van der Waals surface area (Å²) in [6.45, 7) is 4.38. The molecule has 0 bridgehead atoms. The monoisotopic (exact) mass is 332 g/mol. The molecule has 4 atom stereocenters. The van der Waals surface area contributed by atoms with Gasteiger partial charge in [-0.05, 0) is 36.7 Å². The van der Waals surface area contributed by atoms with Gasteiger partial charge in [-0.2, -0.15) is 0 Å². The third-order valence-electron chi connectivity index (χ3n) is 5.07. The van der Waals surface area contributed by atoms with E-state index in [2.05, 4.69) is 24.4 Å². The van der Waals surface area contributed by atoms with Gasteiger partial charge in [0.1, 0.15) is 0 Å². The van der Waals surface area contributed by atoms with Crippen molar-refractivity contribution in [3.8, 4) is 0 Å². The van der Waals surface area contributed by atoms with Gasteiger partial charge in [0.15, 0.2) is 0 Å². The molecule has 24 heavy (non-hydrogen) atoms. The Morgan fingerprint density at radius 3 is 2.83 bits per heavy atom. The first-order valence-electron chi connectivity index (χ1n) is 8.98. The SMILES string of the molecule is CC1CC(CO)CN(C(=O)NC2CCOC(c3ccccc3)C2)C1. The van der Waals surface area contributed by atoms with Crippen LogP contribution in [0.2, 0.25) is 0 Å². The van der Waals surface area contributed by atoms with E-state index in [1.54, 1.807) is 0 Å². The van der Waals surface area contributed by atoms with Crippen molar-refractivity contribution in [1.29, 1.82) is 0 Å². The summed E-state index contributed by atoms with van der Waals surface area (Å²) < 4.78 is 5.87.